The fourth-order valence-electron chi connectivity index (χ4n) is 1.03. The van der Waals surface area contributed by atoms with Crippen molar-refractivity contribution in [2.24, 2.45) is 0 Å². The van der Waals surface area contributed by atoms with E-state index >= 15 is 0 Å². The average Bonchev–Trinajstić information content (AvgIpc) is 2.16. The van der Waals surface area contributed by atoms with Gasteiger partial charge in [0.15, 0.2) is 0 Å². The van der Waals surface area contributed by atoms with Gasteiger partial charge in [-0.3, -0.25) is 10.1 Å². The number of halogens is 1. The number of hydrogen-bond donors (Lipinski definition) is 0. The normalized spacial score (nSPS) is 9.86. The Morgan fingerprint density at radius 2 is 2.29 bits per heavy atom. The molecule has 0 saturated carbocycles. The molecular formula is C9H10ClNO3. The van der Waals surface area contributed by atoms with E-state index < -0.39 is 4.92 Å². The van der Waals surface area contributed by atoms with E-state index in [1.54, 1.807) is 19.1 Å². The van der Waals surface area contributed by atoms with Gasteiger partial charge in [-0.2, -0.15) is 0 Å². The molecule has 0 spiro atoms. The molecule has 0 aliphatic rings. The molecule has 4 nitrogen and oxygen atoms in total. The van der Waals surface area contributed by atoms with Crippen LogP contribution >= 0.6 is 11.6 Å². The molecular weight excluding hydrogens is 206 g/mol. The minimum atomic E-state index is -0.428. The van der Waals surface area contributed by atoms with Crippen molar-refractivity contribution < 1.29 is 9.66 Å². The standard InChI is InChI=1S/C9H10ClNO3/c1-7-2-3-8(14-5-4-10)6-9(7)11(12)13/h2-3,6H,4-5H2,1H3. The second-order valence-corrected chi connectivity index (χ2v) is 3.12. The van der Waals surface area contributed by atoms with Gasteiger partial charge < -0.3 is 4.74 Å². The molecule has 0 aliphatic heterocycles. The van der Waals surface area contributed by atoms with E-state index in [9.17, 15) is 10.1 Å². The van der Waals surface area contributed by atoms with Crippen LogP contribution in [0.3, 0.4) is 0 Å². The van der Waals surface area contributed by atoms with Crippen LogP contribution in [0.25, 0.3) is 0 Å². The van der Waals surface area contributed by atoms with Gasteiger partial charge in [-0.05, 0) is 19.1 Å². The number of benzene rings is 1. The summed E-state index contributed by atoms with van der Waals surface area (Å²) in [5.41, 5.74) is 0.685. The molecule has 76 valence electrons. The number of nitro groups is 1. The first-order valence-corrected chi connectivity index (χ1v) is 4.62. The van der Waals surface area contributed by atoms with Crippen molar-refractivity contribution in [1.29, 1.82) is 0 Å². The van der Waals surface area contributed by atoms with Gasteiger partial charge in [0.25, 0.3) is 5.69 Å². The lowest BCUT2D eigenvalue weighted by molar-refractivity contribution is -0.385. The van der Waals surface area contributed by atoms with Gasteiger partial charge in [-0.25, -0.2) is 0 Å². The number of ether oxygens (including phenoxy) is 1. The molecule has 0 aliphatic carbocycles. The maximum absolute atomic E-state index is 10.6. The number of alkyl halides is 1. The Morgan fingerprint density at radius 1 is 1.57 bits per heavy atom. The molecule has 5 heteroatoms. The van der Waals surface area contributed by atoms with E-state index in [0.29, 0.717) is 23.8 Å². The van der Waals surface area contributed by atoms with Gasteiger partial charge in [0.2, 0.25) is 0 Å². The third-order valence-electron chi connectivity index (χ3n) is 1.72. The first kappa shape index (κ1) is 10.8. The molecule has 1 rings (SSSR count). The Morgan fingerprint density at radius 3 is 2.86 bits per heavy atom. The van der Waals surface area contributed by atoms with Crippen LogP contribution in [0, 0.1) is 17.0 Å². The highest BCUT2D eigenvalue weighted by Gasteiger charge is 2.11. The topological polar surface area (TPSA) is 52.4 Å². The molecule has 0 bridgehead atoms. The zero-order valence-electron chi connectivity index (χ0n) is 7.70. The van der Waals surface area contributed by atoms with Crippen molar-refractivity contribution in [2.45, 2.75) is 6.92 Å². The highest BCUT2D eigenvalue weighted by atomic mass is 35.5. The van der Waals surface area contributed by atoms with Crippen molar-refractivity contribution in [2.75, 3.05) is 12.5 Å². The number of aryl methyl sites for hydroxylation is 1. The number of rotatable bonds is 4. The minimum Gasteiger partial charge on any atom is -0.492 e. The van der Waals surface area contributed by atoms with Crippen LogP contribution in [-0.2, 0) is 0 Å². The lowest BCUT2D eigenvalue weighted by Crippen LogP contribution is -1.99. The largest absolute Gasteiger partial charge is 0.492 e. The molecule has 1 aromatic carbocycles. The maximum Gasteiger partial charge on any atom is 0.275 e. The van der Waals surface area contributed by atoms with Crippen LogP contribution < -0.4 is 4.74 Å². The quantitative estimate of drug-likeness (QED) is 0.441. The molecule has 0 atom stereocenters. The summed E-state index contributed by atoms with van der Waals surface area (Å²) in [6.07, 6.45) is 0. The predicted octanol–water partition coefficient (Wildman–Crippen LogP) is 2.52. The minimum absolute atomic E-state index is 0.0667. The Bertz CT molecular complexity index is 341. The van der Waals surface area contributed by atoms with Crippen LogP contribution in [0.2, 0.25) is 0 Å². The van der Waals surface area contributed by atoms with Gasteiger partial charge in [0.05, 0.1) is 16.9 Å². The highest BCUT2D eigenvalue weighted by Crippen LogP contribution is 2.23. The fraction of sp³-hybridized carbons (Fsp3) is 0.333. The van der Waals surface area contributed by atoms with E-state index in [-0.39, 0.29) is 5.69 Å². The SMILES string of the molecule is Cc1ccc(OCCCl)cc1[N+](=O)[O-]. The van der Waals surface area contributed by atoms with E-state index in [1.807, 2.05) is 0 Å². The smallest absolute Gasteiger partial charge is 0.275 e. The van der Waals surface area contributed by atoms with Crippen LogP contribution in [0.1, 0.15) is 5.56 Å². The van der Waals surface area contributed by atoms with Crippen molar-refractivity contribution in [1.82, 2.24) is 0 Å². The van der Waals surface area contributed by atoms with Gasteiger partial charge in [-0.15, -0.1) is 11.6 Å². The third-order valence-corrected chi connectivity index (χ3v) is 1.88. The van der Waals surface area contributed by atoms with Crippen molar-refractivity contribution in [3.05, 3.63) is 33.9 Å². The predicted molar refractivity (Wildman–Crippen MR) is 54.0 cm³/mol. The van der Waals surface area contributed by atoms with E-state index in [1.165, 1.54) is 6.07 Å². The van der Waals surface area contributed by atoms with E-state index in [0.717, 1.165) is 0 Å². The Balaban J connectivity index is 2.89. The van der Waals surface area contributed by atoms with Crippen LogP contribution in [0.4, 0.5) is 5.69 Å². The maximum atomic E-state index is 10.6. The summed E-state index contributed by atoms with van der Waals surface area (Å²) in [7, 11) is 0. The molecule has 14 heavy (non-hydrogen) atoms. The number of hydrogen-bond acceptors (Lipinski definition) is 3. The molecule has 0 saturated heterocycles. The lowest BCUT2D eigenvalue weighted by Gasteiger charge is -2.04. The molecule has 0 amide bonds. The second-order valence-electron chi connectivity index (χ2n) is 2.74. The summed E-state index contributed by atoms with van der Waals surface area (Å²) < 4.78 is 5.16. The molecule has 0 radical (unpaired) electrons. The molecule has 0 N–H and O–H groups in total. The molecule has 1 aromatic rings. The second kappa shape index (κ2) is 4.81. The van der Waals surface area contributed by atoms with Crippen molar-refractivity contribution >= 4 is 17.3 Å². The van der Waals surface area contributed by atoms with Gasteiger partial charge in [0, 0.05) is 5.56 Å². The Kier molecular flexibility index (Phi) is 3.71. The zero-order valence-corrected chi connectivity index (χ0v) is 8.45. The van der Waals surface area contributed by atoms with Crippen molar-refractivity contribution in [3.8, 4) is 5.75 Å². The number of nitro benzene ring substituents is 1. The van der Waals surface area contributed by atoms with Crippen LogP contribution in [0.15, 0.2) is 18.2 Å². The summed E-state index contributed by atoms with van der Waals surface area (Å²) in [5.74, 6) is 0.838. The van der Waals surface area contributed by atoms with Gasteiger partial charge in [0.1, 0.15) is 12.4 Å². The molecule has 0 unspecified atom stereocenters. The third kappa shape index (κ3) is 2.60. The molecule has 0 heterocycles. The summed E-state index contributed by atoms with van der Waals surface area (Å²) in [5, 5.41) is 10.6. The van der Waals surface area contributed by atoms with E-state index in [2.05, 4.69) is 0 Å². The number of nitrogens with zero attached hydrogens (tertiary/aromatic N) is 1. The Labute approximate surface area is 86.6 Å². The summed E-state index contributed by atoms with van der Waals surface area (Å²) in [6, 6.07) is 4.75. The highest BCUT2D eigenvalue weighted by molar-refractivity contribution is 6.18. The first-order valence-electron chi connectivity index (χ1n) is 4.09. The molecule has 0 aromatic heterocycles. The zero-order chi connectivity index (χ0) is 10.6. The van der Waals surface area contributed by atoms with Crippen molar-refractivity contribution in [3.63, 3.8) is 0 Å². The fourth-order valence-corrected chi connectivity index (χ4v) is 1.11. The first-order chi connectivity index (χ1) is 6.65. The lowest BCUT2D eigenvalue weighted by atomic mass is 10.2. The van der Waals surface area contributed by atoms with E-state index in [4.69, 9.17) is 16.3 Å². The van der Waals surface area contributed by atoms with Gasteiger partial charge >= 0.3 is 0 Å². The van der Waals surface area contributed by atoms with Gasteiger partial charge in [-0.1, -0.05) is 0 Å². The summed E-state index contributed by atoms with van der Waals surface area (Å²) in [6.45, 7) is 2.03. The monoisotopic (exact) mass is 215 g/mol. The van der Waals surface area contributed by atoms with Crippen LogP contribution in [-0.4, -0.2) is 17.4 Å². The molecule has 0 fully saturated rings. The summed E-state index contributed by atoms with van der Waals surface area (Å²) >= 11 is 5.43. The summed E-state index contributed by atoms with van der Waals surface area (Å²) in [4.78, 5) is 10.1. The Hall–Kier alpha value is -1.29. The average molecular weight is 216 g/mol. The van der Waals surface area contributed by atoms with Crippen LogP contribution in [0.5, 0.6) is 5.75 Å².